The zero-order valence-electron chi connectivity index (χ0n) is 19.8. The molecule has 4 amide bonds. The number of imidazole rings is 1. The van der Waals surface area contributed by atoms with E-state index in [9.17, 15) is 29.1 Å². The Hall–Kier alpha value is -3.48. The van der Waals surface area contributed by atoms with E-state index in [-0.39, 0.29) is 18.8 Å². The Kier molecular flexibility index (Phi) is 11.2. The number of hydrogen-bond acceptors (Lipinski definition) is 7. The molecule has 0 aromatic carbocycles. The van der Waals surface area contributed by atoms with Crippen LogP contribution in [0, 0.1) is 11.8 Å². The molecule has 0 aliphatic heterocycles. The van der Waals surface area contributed by atoms with Gasteiger partial charge in [0, 0.05) is 18.3 Å². The summed E-state index contributed by atoms with van der Waals surface area (Å²) in [6.45, 7) is 7.05. The van der Waals surface area contributed by atoms with Crippen LogP contribution in [-0.2, 0) is 30.4 Å². The van der Waals surface area contributed by atoms with E-state index in [4.69, 9.17) is 11.5 Å². The van der Waals surface area contributed by atoms with Gasteiger partial charge in [-0.1, -0.05) is 27.7 Å². The summed E-state index contributed by atoms with van der Waals surface area (Å²) >= 11 is 0. The van der Waals surface area contributed by atoms with Crippen LogP contribution in [0.5, 0.6) is 0 Å². The molecule has 0 fully saturated rings. The highest BCUT2D eigenvalue weighted by molar-refractivity contribution is 5.95. The van der Waals surface area contributed by atoms with Crippen molar-refractivity contribution in [3.63, 3.8) is 0 Å². The first-order chi connectivity index (χ1) is 15.8. The van der Waals surface area contributed by atoms with Crippen molar-refractivity contribution >= 4 is 29.6 Å². The Bertz CT molecular complexity index is 856. The summed E-state index contributed by atoms with van der Waals surface area (Å²) in [7, 11) is 0. The fraction of sp³-hybridized carbons (Fsp3) is 0.619. The molecule has 0 aliphatic carbocycles. The van der Waals surface area contributed by atoms with Crippen LogP contribution in [0.4, 0.5) is 0 Å². The van der Waals surface area contributed by atoms with Crippen LogP contribution in [0.25, 0.3) is 0 Å². The number of nitrogens with one attached hydrogen (secondary N) is 4. The monoisotopic (exact) mass is 481 g/mol. The van der Waals surface area contributed by atoms with E-state index in [1.165, 1.54) is 6.33 Å². The molecule has 9 N–H and O–H groups in total. The first-order valence-electron chi connectivity index (χ1n) is 11.0. The minimum atomic E-state index is -1.53. The number of carbonyl (C=O) groups is 5. The summed E-state index contributed by atoms with van der Waals surface area (Å²) < 4.78 is 0. The number of aliphatic carboxylic acids is 1. The number of nitrogens with two attached hydrogens (primary N) is 2. The van der Waals surface area contributed by atoms with Gasteiger partial charge in [0.25, 0.3) is 0 Å². The van der Waals surface area contributed by atoms with Gasteiger partial charge in [0.05, 0.1) is 18.8 Å². The summed E-state index contributed by atoms with van der Waals surface area (Å²) in [5.74, 6) is -4.69. The highest BCUT2D eigenvalue weighted by atomic mass is 16.4. The van der Waals surface area contributed by atoms with E-state index < -0.39 is 66.1 Å². The number of carbonyl (C=O) groups excluding carboxylic acids is 4. The predicted molar refractivity (Wildman–Crippen MR) is 122 cm³/mol. The van der Waals surface area contributed by atoms with Crippen LogP contribution in [0.2, 0.25) is 0 Å². The molecular formula is C21H35N7O6. The molecule has 0 saturated heterocycles. The Balaban J connectivity index is 2.91. The van der Waals surface area contributed by atoms with Crippen LogP contribution in [-0.4, -0.2) is 68.8 Å². The van der Waals surface area contributed by atoms with Gasteiger partial charge in [-0.2, -0.15) is 0 Å². The summed E-state index contributed by atoms with van der Waals surface area (Å²) in [6, 6.07) is -4.56. The number of rotatable bonds is 14. The highest BCUT2D eigenvalue weighted by Gasteiger charge is 2.32. The zero-order valence-corrected chi connectivity index (χ0v) is 19.8. The molecule has 0 radical (unpaired) electrons. The molecule has 13 heteroatoms. The zero-order chi connectivity index (χ0) is 26.0. The molecule has 190 valence electrons. The summed E-state index contributed by atoms with van der Waals surface area (Å²) in [5.41, 5.74) is 11.7. The molecule has 0 aliphatic rings. The maximum absolute atomic E-state index is 13.0. The second-order valence-corrected chi connectivity index (χ2v) is 8.88. The molecule has 4 atom stereocenters. The SMILES string of the molecule is CC(C)CC(NC(=O)C(N)Cc1cnc[nH]1)C(=O)NC(C(=O)NC(CC(N)=O)C(=O)O)C(C)C. The molecular weight excluding hydrogens is 446 g/mol. The third-order valence-corrected chi connectivity index (χ3v) is 4.94. The lowest BCUT2D eigenvalue weighted by molar-refractivity contribution is -0.144. The van der Waals surface area contributed by atoms with Crippen LogP contribution < -0.4 is 27.4 Å². The van der Waals surface area contributed by atoms with Gasteiger partial charge in [-0.15, -0.1) is 0 Å². The van der Waals surface area contributed by atoms with Crippen molar-refractivity contribution in [3.8, 4) is 0 Å². The second kappa shape index (κ2) is 13.3. The molecule has 13 nitrogen and oxygen atoms in total. The van der Waals surface area contributed by atoms with Gasteiger partial charge in [0.1, 0.15) is 18.1 Å². The first-order valence-corrected chi connectivity index (χ1v) is 11.0. The second-order valence-electron chi connectivity index (χ2n) is 8.88. The van der Waals surface area contributed by atoms with E-state index in [0.29, 0.717) is 5.69 Å². The molecule has 0 bridgehead atoms. The fourth-order valence-electron chi connectivity index (χ4n) is 3.16. The van der Waals surface area contributed by atoms with Crippen molar-refractivity contribution in [3.05, 3.63) is 18.2 Å². The van der Waals surface area contributed by atoms with E-state index in [1.54, 1.807) is 20.0 Å². The maximum Gasteiger partial charge on any atom is 0.326 e. The standard InChI is InChI=1S/C21H35N7O6/c1-10(2)5-14(26-18(30)13(22)6-12-8-24-9-25-12)19(31)28-17(11(3)4)20(32)27-15(21(33)34)7-16(23)29/h8-11,13-15,17H,5-7,22H2,1-4H3,(H2,23,29)(H,24,25)(H,26,30)(H,27,32)(H,28,31)(H,33,34). The minimum absolute atomic E-state index is 0.0261. The number of carboxylic acid groups (broad SMARTS) is 1. The van der Waals surface area contributed by atoms with E-state index in [1.807, 2.05) is 13.8 Å². The number of hydrogen-bond donors (Lipinski definition) is 7. The van der Waals surface area contributed by atoms with E-state index in [2.05, 4.69) is 25.9 Å². The lowest BCUT2D eigenvalue weighted by Crippen LogP contribution is -2.59. The van der Waals surface area contributed by atoms with Crippen molar-refractivity contribution < 1.29 is 29.1 Å². The van der Waals surface area contributed by atoms with Crippen molar-refractivity contribution in [2.75, 3.05) is 0 Å². The van der Waals surface area contributed by atoms with Crippen LogP contribution >= 0.6 is 0 Å². The molecule has 1 aromatic rings. The fourth-order valence-corrected chi connectivity index (χ4v) is 3.16. The average Bonchev–Trinajstić information content (AvgIpc) is 3.22. The normalized spacial score (nSPS) is 14.7. The topological polar surface area (TPSA) is 222 Å². The van der Waals surface area contributed by atoms with Crippen LogP contribution in [0.15, 0.2) is 12.5 Å². The lowest BCUT2D eigenvalue weighted by Gasteiger charge is -2.27. The quantitative estimate of drug-likeness (QED) is 0.163. The van der Waals surface area contributed by atoms with Crippen LogP contribution in [0.3, 0.4) is 0 Å². The number of nitrogens with zero attached hydrogens (tertiary/aromatic N) is 1. The third kappa shape index (κ3) is 9.57. The van der Waals surface area contributed by atoms with Gasteiger partial charge < -0.3 is 37.5 Å². The van der Waals surface area contributed by atoms with Gasteiger partial charge in [0.15, 0.2) is 0 Å². The smallest absolute Gasteiger partial charge is 0.326 e. The number of aromatic nitrogens is 2. The van der Waals surface area contributed by atoms with E-state index in [0.717, 1.165) is 0 Å². The molecule has 34 heavy (non-hydrogen) atoms. The molecule has 4 unspecified atom stereocenters. The van der Waals surface area contributed by atoms with Crippen molar-refractivity contribution in [2.45, 2.75) is 71.1 Å². The maximum atomic E-state index is 13.0. The Morgan fingerprint density at radius 1 is 1.00 bits per heavy atom. The molecule has 1 rings (SSSR count). The third-order valence-electron chi connectivity index (χ3n) is 4.94. The van der Waals surface area contributed by atoms with Gasteiger partial charge in [-0.25, -0.2) is 9.78 Å². The Morgan fingerprint density at radius 2 is 1.62 bits per heavy atom. The number of H-pyrrole nitrogens is 1. The molecule has 1 heterocycles. The molecule has 1 aromatic heterocycles. The lowest BCUT2D eigenvalue weighted by atomic mass is 9.99. The highest BCUT2D eigenvalue weighted by Crippen LogP contribution is 2.09. The number of primary amides is 1. The minimum Gasteiger partial charge on any atom is -0.480 e. The summed E-state index contributed by atoms with van der Waals surface area (Å²) in [6.07, 6.45) is 2.87. The summed E-state index contributed by atoms with van der Waals surface area (Å²) in [5, 5.41) is 16.7. The molecule has 0 spiro atoms. The van der Waals surface area contributed by atoms with Gasteiger partial charge in [-0.05, 0) is 18.3 Å². The van der Waals surface area contributed by atoms with E-state index >= 15 is 0 Å². The van der Waals surface area contributed by atoms with Gasteiger partial charge >= 0.3 is 5.97 Å². The van der Waals surface area contributed by atoms with Crippen molar-refractivity contribution in [1.82, 2.24) is 25.9 Å². The number of amides is 4. The average molecular weight is 482 g/mol. The number of carboxylic acids is 1. The van der Waals surface area contributed by atoms with Gasteiger partial charge in [-0.3, -0.25) is 19.2 Å². The summed E-state index contributed by atoms with van der Waals surface area (Å²) in [4.78, 5) is 67.5. The number of aromatic amines is 1. The van der Waals surface area contributed by atoms with Crippen LogP contribution in [0.1, 0.15) is 46.2 Å². The van der Waals surface area contributed by atoms with Gasteiger partial charge in [0.2, 0.25) is 23.6 Å². The van der Waals surface area contributed by atoms with Crippen molar-refractivity contribution in [1.29, 1.82) is 0 Å². The van der Waals surface area contributed by atoms with Crippen molar-refractivity contribution in [2.24, 2.45) is 23.3 Å². The first kappa shape index (κ1) is 28.6. The Labute approximate surface area is 197 Å². The largest absolute Gasteiger partial charge is 0.480 e. The predicted octanol–water partition coefficient (Wildman–Crippen LogP) is -1.60. The Morgan fingerprint density at radius 3 is 2.09 bits per heavy atom. The molecule has 0 saturated carbocycles.